The predicted octanol–water partition coefficient (Wildman–Crippen LogP) is 6.68. The molecule has 3 heteroatoms. The number of hydrogen-bond acceptors (Lipinski definition) is 1. The summed E-state index contributed by atoms with van der Waals surface area (Å²) in [6, 6.07) is 26.3. The van der Waals surface area contributed by atoms with Gasteiger partial charge in [0, 0.05) is 58.9 Å². The van der Waals surface area contributed by atoms with Crippen LogP contribution in [0.15, 0.2) is 85.2 Å². The molecule has 2 aromatic heterocycles. The van der Waals surface area contributed by atoms with E-state index in [1.807, 2.05) is 0 Å². The van der Waals surface area contributed by atoms with E-state index in [1.54, 1.807) is 0 Å². The second-order valence-electron chi connectivity index (χ2n) is 7.78. The molecule has 3 aromatic carbocycles. The van der Waals surface area contributed by atoms with Gasteiger partial charge >= 0.3 is 0 Å². The van der Waals surface area contributed by atoms with Crippen LogP contribution >= 0.6 is 0 Å². The first-order chi connectivity index (χ1) is 14.8. The summed E-state index contributed by atoms with van der Waals surface area (Å²) >= 11 is 0. The first-order valence-corrected chi connectivity index (χ1v) is 10.8. The number of aromatic nitrogens is 2. The quantitative estimate of drug-likeness (QED) is 0.332. The minimum Gasteiger partial charge on any atom is -0.372 e. The van der Waals surface area contributed by atoms with Gasteiger partial charge in [0.05, 0.1) is 0 Å². The molecule has 0 amide bonds. The summed E-state index contributed by atoms with van der Waals surface area (Å²) in [5.41, 5.74) is 7.56. The van der Waals surface area contributed by atoms with E-state index in [4.69, 9.17) is 0 Å². The van der Waals surface area contributed by atoms with Crippen LogP contribution in [-0.4, -0.2) is 23.1 Å². The largest absolute Gasteiger partial charge is 0.372 e. The molecule has 2 N–H and O–H groups in total. The van der Waals surface area contributed by atoms with Gasteiger partial charge in [-0.05, 0) is 54.8 Å². The van der Waals surface area contributed by atoms with Crippen LogP contribution in [0.4, 0.5) is 5.69 Å². The van der Waals surface area contributed by atoms with E-state index in [1.165, 1.54) is 44.2 Å². The Morgan fingerprint density at radius 1 is 0.667 bits per heavy atom. The third-order valence-corrected chi connectivity index (χ3v) is 6.22. The van der Waals surface area contributed by atoms with E-state index < -0.39 is 0 Å². The predicted molar refractivity (Wildman–Crippen MR) is 128 cm³/mol. The molecule has 30 heavy (non-hydrogen) atoms. The molecule has 0 aliphatic carbocycles. The molecule has 0 atom stereocenters. The first kappa shape index (κ1) is 18.6. The third-order valence-electron chi connectivity index (χ3n) is 6.22. The fraction of sp³-hybridized carbons (Fsp3) is 0.185. The van der Waals surface area contributed by atoms with Crippen molar-refractivity contribution in [1.82, 2.24) is 9.97 Å². The van der Waals surface area contributed by atoms with E-state index in [-0.39, 0.29) is 5.92 Å². The van der Waals surface area contributed by atoms with Crippen molar-refractivity contribution >= 4 is 27.5 Å². The lowest BCUT2D eigenvalue weighted by Crippen LogP contribution is -2.21. The summed E-state index contributed by atoms with van der Waals surface area (Å²) in [5, 5.41) is 2.56. The highest BCUT2D eigenvalue weighted by Crippen LogP contribution is 2.39. The van der Waals surface area contributed by atoms with Gasteiger partial charge in [-0.3, -0.25) is 0 Å². The molecule has 5 rings (SSSR count). The van der Waals surface area contributed by atoms with Crippen LogP contribution in [0.2, 0.25) is 0 Å². The molecule has 0 saturated heterocycles. The van der Waals surface area contributed by atoms with E-state index in [0.29, 0.717) is 0 Å². The maximum absolute atomic E-state index is 3.48. The Balaban J connectivity index is 1.69. The normalized spacial score (nSPS) is 11.6. The molecule has 0 aliphatic heterocycles. The highest BCUT2D eigenvalue weighted by Gasteiger charge is 2.23. The van der Waals surface area contributed by atoms with Gasteiger partial charge in [-0.1, -0.05) is 48.5 Å². The Morgan fingerprint density at radius 2 is 1.17 bits per heavy atom. The number of nitrogens with one attached hydrogen (secondary N) is 2. The summed E-state index contributed by atoms with van der Waals surface area (Å²) in [6.45, 7) is 6.45. The van der Waals surface area contributed by atoms with Crippen LogP contribution < -0.4 is 4.90 Å². The van der Waals surface area contributed by atoms with E-state index >= 15 is 0 Å². The second kappa shape index (κ2) is 7.75. The monoisotopic (exact) mass is 393 g/mol. The lowest BCUT2D eigenvalue weighted by molar-refractivity contribution is 0.865. The average Bonchev–Trinajstić information content (AvgIpc) is 3.41. The fourth-order valence-electron chi connectivity index (χ4n) is 4.66. The lowest BCUT2D eigenvalue weighted by Gasteiger charge is -2.23. The minimum atomic E-state index is 0.156. The van der Waals surface area contributed by atoms with Crippen molar-refractivity contribution in [2.45, 2.75) is 19.8 Å². The third kappa shape index (κ3) is 3.07. The lowest BCUT2D eigenvalue weighted by atomic mass is 9.84. The number of H-pyrrole nitrogens is 2. The maximum atomic E-state index is 3.48. The molecule has 3 nitrogen and oxygen atoms in total. The Morgan fingerprint density at radius 3 is 1.67 bits per heavy atom. The summed E-state index contributed by atoms with van der Waals surface area (Å²) in [4.78, 5) is 9.34. The number of para-hydroxylation sites is 2. The maximum Gasteiger partial charge on any atom is 0.0457 e. The molecule has 0 unspecified atom stereocenters. The molecule has 5 aromatic rings. The zero-order valence-corrected chi connectivity index (χ0v) is 17.5. The molecule has 0 radical (unpaired) electrons. The Labute approximate surface area is 177 Å². The van der Waals surface area contributed by atoms with Crippen LogP contribution in [0.5, 0.6) is 0 Å². The van der Waals surface area contributed by atoms with Crippen LogP contribution in [0.3, 0.4) is 0 Å². The topological polar surface area (TPSA) is 34.8 Å². The summed E-state index contributed by atoms with van der Waals surface area (Å²) in [5.74, 6) is 0.156. The fourth-order valence-corrected chi connectivity index (χ4v) is 4.66. The van der Waals surface area contributed by atoms with Gasteiger partial charge in [0.15, 0.2) is 0 Å². The van der Waals surface area contributed by atoms with Crippen molar-refractivity contribution in [1.29, 1.82) is 0 Å². The van der Waals surface area contributed by atoms with Crippen molar-refractivity contribution < 1.29 is 0 Å². The Hall–Kier alpha value is -3.46. The van der Waals surface area contributed by atoms with Crippen LogP contribution in [0.1, 0.15) is 36.5 Å². The van der Waals surface area contributed by atoms with E-state index in [2.05, 4.69) is 114 Å². The van der Waals surface area contributed by atoms with E-state index in [0.717, 1.165) is 13.1 Å². The molecule has 2 heterocycles. The Bertz CT molecular complexity index is 1200. The van der Waals surface area contributed by atoms with Crippen LogP contribution in [-0.2, 0) is 0 Å². The summed E-state index contributed by atoms with van der Waals surface area (Å²) < 4.78 is 0. The molecule has 0 bridgehead atoms. The van der Waals surface area contributed by atoms with E-state index in [9.17, 15) is 0 Å². The Kier molecular flexibility index (Phi) is 4.80. The number of hydrogen-bond donors (Lipinski definition) is 2. The standard InChI is InChI=1S/C27H27N3/c1-3-30(4-2)20-15-13-19(14-16-20)27(23-17-28-25-11-7-5-9-21(23)25)24-18-29-26-12-8-6-10-22(24)26/h5-18,27-29H,3-4H2,1-2H3. The van der Waals surface area contributed by atoms with Crippen molar-refractivity contribution in [3.63, 3.8) is 0 Å². The highest BCUT2D eigenvalue weighted by molar-refractivity contribution is 5.89. The summed E-state index contributed by atoms with van der Waals surface area (Å²) in [6.07, 6.45) is 4.35. The average molecular weight is 394 g/mol. The first-order valence-electron chi connectivity index (χ1n) is 10.8. The van der Waals surface area contributed by atoms with Gasteiger partial charge in [0.1, 0.15) is 0 Å². The molecule has 0 aliphatic rings. The number of nitrogens with zero attached hydrogens (tertiary/aromatic N) is 1. The van der Waals surface area contributed by atoms with Gasteiger partial charge < -0.3 is 14.9 Å². The van der Waals surface area contributed by atoms with Crippen LogP contribution in [0.25, 0.3) is 21.8 Å². The smallest absolute Gasteiger partial charge is 0.0457 e. The highest BCUT2D eigenvalue weighted by atomic mass is 15.1. The summed E-state index contributed by atoms with van der Waals surface area (Å²) in [7, 11) is 0. The number of rotatable bonds is 6. The molecular weight excluding hydrogens is 366 g/mol. The van der Waals surface area contributed by atoms with Crippen molar-refractivity contribution in [2.75, 3.05) is 18.0 Å². The van der Waals surface area contributed by atoms with Gasteiger partial charge in [-0.2, -0.15) is 0 Å². The van der Waals surface area contributed by atoms with Gasteiger partial charge in [-0.15, -0.1) is 0 Å². The van der Waals surface area contributed by atoms with Gasteiger partial charge in [0.2, 0.25) is 0 Å². The van der Waals surface area contributed by atoms with Gasteiger partial charge in [-0.25, -0.2) is 0 Å². The van der Waals surface area contributed by atoms with Crippen molar-refractivity contribution in [3.05, 3.63) is 102 Å². The number of fused-ring (bicyclic) bond motifs is 2. The number of aromatic amines is 2. The molecular formula is C27H27N3. The zero-order valence-electron chi connectivity index (χ0n) is 17.5. The molecule has 0 spiro atoms. The number of benzene rings is 3. The molecule has 150 valence electrons. The molecule has 0 saturated carbocycles. The SMILES string of the molecule is CCN(CC)c1ccc(C(c2c[nH]c3ccccc23)c2c[nH]c3ccccc23)cc1. The van der Waals surface area contributed by atoms with Crippen molar-refractivity contribution in [2.24, 2.45) is 0 Å². The molecule has 0 fully saturated rings. The van der Waals surface area contributed by atoms with Gasteiger partial charge in [0.25, 0.3) is 0 Å². The zero-order chi connectivity index (χ0) is 20.5. The minimum absolute atomic E-state index is 0.156. The van der Waals surface area contributed by atoms with Crippen LogP contribution in [0, 0.1) is 0 Å². The van der Waals surface area contributed by atoms with Crippen molar-refractivity contribution in [3.8, 4) is 0 Å². The second-order valence-corrected chi connectivity index (χ2v) is 7.78. The number of anilines is 1.